The zero-order valence-electron chi connectivity index (χ0n) is 10.4. The maximum atomic E-state index is 3.91. The Hall–Kier alpha value is -0.0400. The van der Waals surface area contributed by atoms with E-state index in [-0.39, 0.29) is 0 Å². The van der Waals surface area contributed by atoms with Crippen molar-refractivity contribution in [3.05, 3.63) is 0 Å². The maximum absolute atomic E-state index is 3.91. The molecule has 0 aromatic carbocycles. The van der Waals surface area contributed by atoms with Crippen LogP contribution in [0.15, 0.2) is 0 Å². The second-order valence-electron chi connectivity index (χ2n) is 6.35. The molecule has 0 saturated heterocycles. The molecule has 0 heterocycles. The van der Waals surface area contributed by atoms with Crippen LogP contribution in [-0.2, 0) is 0 Å². The van der Waals surface area contributed by atoms with Crippen molar-refractivity contribution in [1.29, 1.82) is 0 Å². The van der Waals surface area contributed by atoms with Crippen LogP contribution < -0.4 is 5.32 Å². The van der Waals surface area contributed by atoms with Gasteiger partial charge in [0, 0.05) is 12.1 Å². The molecule has 3 fully saturated rings. The van der Waals surface area contributed by atoms with Crippen molar-refractivity contribution >= 4 is 0 Å². The Balaban J connectivity index is 1.55. The van der Waals surface area contributed by atoms with Gasteiger partial charge in [0.05, 0.1) is 0 Å². The number of rotatable bonds is 4. The summed E-state index contributed by atoms with van der Waals surface area (Å²) in [5, 5.41) is 3.91. The molecule has 3 saturated carbocycles. The first-order chi connectivity index (χ1) is 7.22. The minimum Gasteiger partial charge on any atom is -0.311 e. The lowest BCUT2D eigenvalue weighted by Crippen LogP contribution is -2.36. The zero-order chi connectivity index (χ0) is 10.6. The molecule has 0 aliphatic heterocycles. The molecule has 3 aliphatic carbocycles. The first kappa shape index (κ1) is 10.1. The highest BCUT2D eigenvalue weighted by Gasteiger charge is 2.64. The largest absolute Gasteiger partial charge is 0.311 e. The van der Waals surface area contributed by atoms with Gasteiger partial charge in [-0.3, -0.25) is 0 Å². The van der Waals surface area contributed by atoms with E-state index in [4.69, 9.17) is 0 Å². The van der Waals surface area contributed by atoms with Crippen LogP contribution in [0.4, 0.5) is 0 Å². The highest BCUT2D eigenvalue weighted by Crippen LogP contribution is 2.65. The smallest absolute Gasteiger partial charge is 0.0138 e. The van der Waals surface area contributed by atoms with E-state index in [9.17, 15) is 0 Å². The average Bonchev–Trinajstić information content (AvgIpc) is 2.66. The third kappa shape index (κ3) is 1.46. The van der Waals surface area contributed by atoms with E-state index in [0.29, 0.717) is 0 Å². The Labute approximate surface area is 94.0 Å². The predicted molar refractivity (Wildman–Crippen MR) is 63.7 cm³/mol. The lowest BCUT2D eigenvalue weighted by molar-refractivity contribution is 0.352. The van der Waals surface area contributed by atoms with Crippen LogP contribution in [0.1, 0.15) is 46.5 Å². The normalized spacial score (nSPS) is 50.2. The SMILES string of the molecule is CCC(C)C(C)NC1C2C3CCC(C3)C12. The monoisotopic (exact) mass is 207 g/mol. The Morgan fingerprint density at radius 1 is 1.13 bits per heavy atom. The minimum atomic E-state index is 0.727. The van der Waals surface area contributed by atoms with Crippen LogP contribution in [0.3, 0.4) is 0 Å². The fraction of sp³-hybridized carbons (Fsp3) is 1.00. The van der Waals surface area contributed by atoms with Gasteiger partial charge in [-0.15, -0.1) is 0 Å². The average molecular weight is 207 g/mol. The fourth-order valence-electron chi connectivity index (χ4n) is 4.37. The van der Waals surface area contributed by atoms with Gasteiger partial charge in [-0.05, 0) is 55.8 Å². The van der Waals surface area contributed by atoms with Gasteiger partial charge in [0.2, 0.25) is 0 Å². The molecule has 0 radical (unpaired) electrons. The van der Waals surface area contributed by atoms with Crippen molar-refractivity contribution in [3.8, 4) is 0 Å². The second-order valence-corrected chi connectivity index (χ2v) is 6.35. The van der Waals surface area contributed by atoms with Crippen molar-refractivity contribution in [2.75, 3.05) is 0 Å². The molecule has 6 atom stereocenters. The van der Waals surface area contributed by atoms with E-state index in [1.807, 2.05) is 0 Å². The van der Waals surface area contributed by atoms with Crippen molar-refractivity contribution in [3.63, 3.8) is 0 Å². The summed E-state index contributed by atoms with van der Waals surface area (Å²) in [4.78, 5) is 0. The first-order valence-corrected chi connectivity index (χ1v) is 6.98. The number of nitrogens with one attached hydrogen (secondary N) is 1. The summed E-state index contributed by atoms with van der Waals surface area (Å²) in [7, 11) is 0. The van der Waals surface area contributed by atoms with Crippen LogP contribution in [-0.4, -0.2) is 12.1 Å². The van der Waals surface area contributed by atoms with Gasteiger partial charge >= 0.3 is 0 Å². The summed E-state index contributed by atoms with van der Waals surface area (Å²) in [6.45, 7) is 7.06. The standard InChI is InChI=1S/C14H25N/c1-4-8(2)9(3)15-14-12-10-5-6-11(7-10)13(12)14/h8-15H,4-7H2,1-3H3. The van der Waals surface area contributed by atoms with E-state index >= 15 is 0 Å². The lowest BCUT2D eigenvalue weighted by Gasteiger charge is -2.22. The first-order valence-electron chi connectivity index (χ1n) is 6.98. The predicted octanol–water partition coefficient (Wildman–Crippen LogP) is 3.06. The Morgan fingerprint density at radius 2 is 1.73 bits per heavy atom. The van der Waals surface area contributed by atoms with Gasteiger partial charge in [0.1, 0.15) is 0 Å². The van der Waals surface area contributed by atoms with E-state index < -0.39 is 0 Å². The lowest BCUT2D eigenvalue weighted by atomic mass is 9.99. The third-order valence-electron chi connectivity index (χ3n) is 5.69. The van der Waals surface area contributed by atoms with Crippen LogP contribution in [0.2, 0.25) is 0 Å². The Morgan fingerprint density at radius 3 is 2.27 bits per heavy atom. The van der Waals surface area contributed by atoms with Gasteiger partial charge in [-0.1, -0.05) is 20.3 Å². The summed E-state index contributed by atoms with van der Waals surface area (Å²) in [5.41, 5.74) is 0. The van der Waals surface area contributed by atoms with Gasteiger partial charge in [0.25, 0.3) is 0 Å². The summed E-state index contributed by atoms with van der Waals surface area (Å²) < 4.78 is 0. The Bertz CT molecular complexity index is 234. The molecule has 0 spiro atoms. The van der Waals surface area contributed by atoms with Crippen LogP contribution in [0.25, 0.3) is 0 Å². The van der Waals surface area contributed by atoms with Crippen LogP contribution in [0.5, 0.6) is 0 Å². The Kier molecular flexibility index (Phi) is 2.35. The van der Waals surface area contributed by atoms with E-state index in [0.717, 1.165) is 41.7 Å². The third-order valence-corrected chi connectivity index (χ3v) is 5.69. The zero-order valence-corrected chi connectivity index (χ0v) is 10.4. The van der Waals surface area contributed by atoms with Gasteiger partial charge in [-0.25, -0.2) is 0 Å². The summed E-state index contributed by atoms with van der Waals surface area (Å²) in [5.74, 6) is 5.25. The molecule has 1 nitrogen and oxygen atoms in total. The summed E-state index contributed by atoms with van der Waals surface area (Å²) >= 11 is 0. The van der Waals surface area contributed by atoms with Crippen molar-refractivity contribution in [2.24, 2.45) is 29.6 Å². The van der Waals surface area contributed by atoms with E-state index in [1.165, 1.54) is 6.42 Å². The highest BCUT2D eigenvalue weighted by molar-refractivity contribution is 5.17. The maximum Gasteiger partial charge on any atom is 0.0138 e. The molecule has 3 aliphatic rings. The molecular formula is C14H25N. The molecule has 2 bridgehead atoms. The summed E-state index contributed by atoms with van der Waals surface area (Å²) in [6.07, 6.45) is 5.97. The molecule has 86 valence electrons. The van der Waals surface area contributed by atoms with Crippen LogP contribution >= 0.6 is 0 Å². The number of hydrogen-bond donors (Lipinski definition) is 1. The molecule has 3 rings (SSSR count). The molecule has 1 N–H and O–H groups in total. The molecule has 1 heteroatoms. The molecule has 15 heavy (non-hydrogen) atoms. The minimum absolute atomic E-state index is 0.727. The molecule has 0 aromatic heterocycles. The topological polar surface area (TPSA) is 12.0 Å². The van der Waals surface area contributed by atoms with Gasteiger partial charge in [0.15, 0.2) is 0 Å². The van der Waals surface area contributed by atoms with Crippen molar-refractivity contribution in [2.45, 2.75) is 58.5 Å². The van der Waals surface area contributed by atoms with E-state index in [2.05, 4.69) is 26.1 Å². The number of hydrogen-bond acceptors (Lipinski definition) is 1. The molecule has 6 unspecified atom stereocenters. The fourth-order valence-corrected chi connectivity index (χ4v) is 4.37. The van der Waals surface area contributed by atoms with Gasteiger partial charge < -0.3 is 5.32 Å². The highest BCUT2D eigenvalue weighted by atomic mass is 15.0. The quantitative estimate of drug-likeness (QED) is 0.747. The molecular weight excluding hydrogens is 182 g/mol. The number of fused-ring (bicyclic) bond motifs is 5. The molecule has 0 amide bonds. The summed E-state index contributed by atoms with van der Waals surface area (Å²) in [6, 6.07) is 1.64. The van der Waals surface area contributed by atoms with Crippen molar-refractivity contribution in [1.82, 2.24) is 5.32 Å². The van der Waals surface area contributed by atoms with E-state index in [1.54, 1.807) is 19.3 Å². The molecule has 0 aromatic rings. The van der Waals surface area contributed by atoms with Crippen LogP contribution in [0, 0.1) is 29.6 Å². The second kappa shape index (κ2) is 3.48. The van der Waals surface area contributed by atoms with Gasteiger partial charge in [-0.2, -0.15) is 0 Å². The van der Waals surface area contributed by atoms with Crippen molar-refractivity contribution < 1.29 is 0 Å².